The number of aliphatic hydroxyl groups is 1. The molecule has 2 N–H and O–H groups in total. The molecule has 1 atom stereocenters. The number of rotatable bonds is 5. The molecule has 2 aromatic rings. The Balaban J connectivity index is 1.65. The summed E-state index contributed by atoms with van der Waals surface area (Å²) < 4.78 is 0. The number of aliphatic hydroxyl groups excluding tert-OH is 1. The zero-order chi connectivity index (χ0) is 13.9. The summed E-state index contributed by atoms with van der Waals surface area (Å²) in [4.78, 5) is 11.5. The fraction of sp³-hybridized carbons (Fsp3) is 0.353. The van der Waals surface area contributed by atoms with Crippen LogP contribution in [-0.4, -0.2) is 17.6 Å². The van der Waals surface area contributed by atoms with Crippen LogP contribution in [0.4, 0.5) is 0 Å². The van der Waals surface area contributed by atoms with Crippen LogP contribution in [0.15, 0.2) is 42.5 Å². The van der Waals surface area contributed by atoms with Gasteiger partial charge in [-0.2, -0.15) is 0 Å². The average Bonchev–Trinajstić information content (AvgIpc) is 3.31. The number of benzene rings is 2. The van der Waals surface area contributed by atoms with Crippen molar-refractivity contribution in [2.24, 2.45) is 5.92 Å². The first-order valence-electron chi connectivity index (χ1n) is 7.19. The zero-order valence-electron chi connectivity index (χ0n) is 11.4. The predicted molar refractivity (Wildman–Crippen MR) is 79.3 cm³/mol. The Morgan fingerprint density at radius 3 is 2.75 bits per heavy atom. The van der Waals surface area contributed by atoms with E-state index < -0.39 is 6.10 Å². The SMILES string of the molecule is O=C(NCCC(O)c1cccc2ccccc12)C1CC1. The normalized spacial score (nSPS) is 16.1. The van der Waals surface area contributed by atoms with Crippen molar-refractivity contribution < 1.29 is 9.90 Å². The van der Waals surface area contributed by atoms with Gasteiger partial charge in [-0.3, -0.25) is 4.79 Å². The summed E-state index contributed by atoms with van der Waals surface area (Å²) in [6.07, 6.45) is 2.03. The van der Waals surface area contributed by atoms with E-state index in [4.69, 9.17) is 0 Å². The van der Waals surface area contributed by atoms with Gasteiger partial charge in [0.2, 0.25) is 5.91 Å². The van der Waals surface area contributed by atoms with E-state index >= 15 is 0 Å². The van der Waals surface area contributed by atoms with Crippen LogP contribution in [0.5, 0.6) is 0 Å². The van der Waals surface area contributed by atoms with Gasteiger partial charge in [0, 0.05) is 12.5 Å². The molecule has 1 aliphatic rings. The summed E-state index contributed by atoms with van der Waals surface area (Å²) in [5.74, 6) is 0.361. The second-order valence-corrected chi connectivity index (χ2v) is 5.44. The third-order valence-electron chi connectivity index (χ3n) is 3.85. The number of nitrogens with one attached hydrogen (secondary N) is 1. The Hall–Kier alpha value is -1.87. The van der Waals surface area contributed by atoms with Gasteiger partial charge in [0.1, 0.15) is 0 Å². The van der Waals surface area contributed by atoms with Gasteiger partial charge in [-0.15, -0.1) is 0 Å². The maximum absolute atomic E-state index is 11.5. The average molecular weight is 269 g/mol. The minimum atomic E-state index is -0.541. The van der Waals surface area contributed by atoms with Crippen LogP contribution in [0.3, 0.4) is 0 Å². The molecule has 1 unspecified atom stereocenters. The van der Waals surface area contributed by atoms with E-state index in [1.165, 1.54) is 0 Å². The fourth-order valence-electron chi connectivity index (χ4n) is 2.52. The lowest BCUT2D eigenvalue weighted by Gasteiger charge is -2.14. The fourth-order valence-corrected chi connectivity index (χ4v) is 2.52. The van der Waals surface area contributed by atoms with Crippen molar-refractivity contribution >= 4 is 16.7 Å². The molecule has 0 radical (unpaired) electrons. The molecule has 1 saturated carbocycles. The summed E-state index contributed by atoms with van der Waals surface area (Å²) >= 11 is 0. The minimum Gasteiger partial charge on any atom is -0.388 e. The number of hydrogen-bond donors (Lipinski definition) is 2. The Kier molecular flexibility index (Phi) is 3.70. The Labute approximate surface area is 118 Å². The van der Waals surface area contributed by atoms with Crippen molar-refractivity contribution in [1.82, 2.24) is 5.32 Å². The van der Waals surface area contributed by atoms with Crippen molar-refractivity contribution in [3.05, 3.63) is 48.0 Å². The molecule has 104 valence electrons. The molecule has 0 aromatic heterocycles. The van der Waals surface area contributed by atoms with Crippen LogP contribution in [0.25, 0.3) is 10.8 Å². The van der Waals surface area contributed by atoms with E-state index in [0.29, 0.717) is 13.0 Å². The first kappa shape index (κ1) is 13.1. The molecule has 20 heavy (non-hydrogen) atoms. The van der Waals surface area contributed by atoms with Gasteiger partial charge in [-0.25, -0.2) is 0 Å². The Morgan fingerprint density at radius 2 is 1.95 bits per heavy atom. The first-order chi connectivity index (χ1) is 9.75. The van der Waals surface area contributed by atoms with Gasteiger partial charge in [0.15, 0.2) is 0 Å². The van der Waals surface area contributed by atoms with Gasteiger partial charge in [-0.05, 0) is 35.6 Å². The molecule has 0 aliphatic heterocycles. The molecular formula is C17H19NO2. The minimum absolute atomic E-state index is 0.134. The molecular weight excluding hydrogens is 250 g/mol. The molecule has 0 spiro atoms. The number of fused-ring (bicyclic) bond motifs is 1. The lowest BCUT2D eigenvalue weighted by atomic mass is 9.99. The monoisotopic (exact) mass is 269 g/mol. The van der Waals surface area contributed by atoms with Crippen molar-refractivity contribution in [3.8, 4) is 0 Å². The van der Waals surface area contributed by atoms with Crippen LogP contribution in [0.1, 0.15) is 30.9 Å². The second-order valence-electron chi connectivity index (χ2n) is 5.44. The van der Waals surface area contributed by atoms with Crippen molar-refractivity contribution in [2.45, 2.75) is 25.4 Å². The highest BCUT2D eigenvalue weighted by molar-refractivity contribution is 5.86. The highest BCUT2D eigenvalue weighted by atomic mass is 16.3. The van der Waals surface area contributed by atoms with Crippen molar-refractivity contribution in [2.75, 3.05) is 6.54 Å². The first-order valence-corrected chi connectivity index (χ1v) is 7.19. The number of carbonyl (C=O) groups excluding carboxylic acids is 1. The van der Waals surface area contributed by atoms with Crippen LogP contribution < -0.4 is 5.32 Å². The van der Waals surface area contributed by atoms with Crippen molar-refractivity contribution in [1.29, 1.82) is 0 Å². The van der Waals surface area contributed by atoms with Crippen molar-refractivity contribution in [3.63, 3.8) is 0 Å². The maximum atomic E-state index is 11.5. The molecule has 1 amide bonds. The van der Waals surface area contributed by atoms with E-state index in [1.807, 2.05) is 42.5 Å². The third kappa shape index (κ3) is 2.83. The highest BCUT2D eigenvalue weighted by Crippen LogP contribution is 2.29. The van der Waals surface area contributed by atoms with E-state index in [9.17, 15) is 9.90 Å². The topological polar surface area (TPSA) is 49.3 Å². The molecule has 2 aromatic carbocycles. The summed E-state index contributed by atoms with van der Waals surface area (Å²) in [6, 6.07) is 14.0. The van der Waals surface area contributed by atoms with Crippen LogP contribution in [0.2, 0.25) is 0 Å². The number of hydrogen-bond acceptors (Lipinski definition) is 2. The lowest BCUT2D eigenvalue weighted by molar-refractivity contribution is -0.122. The van der Waals surface area contributed by atoms with Gasteiger partial charge >= 0.3 is 0 Å². The molecule has 0 heterocycles. The maximum Gasteiger partial charge on any atom is 0.223 e. The summed E-state index contributed by atoms with van der Waals surface area (Å²) in [6.45, 7) is 0.528. The van der Waals surface area contributed by atoms with Gasteiger partial charge in [0.05, 0.1) is 6.10 Å². The second kappa shape index (κ2) is 5.63. The van der Waals surface area contributed by atoms with Crippen LogP contribution in [-0.2, 0) is 4.79 Å². The Morgan fingerprint density at radius 1 is 1.20 bits per heavy atom. The molecule has 3 heteroatoms. The molecule has 1 aliphatic carbocycles. The Bertz CT molecular complexity index is 614. The smallest absolute Gasteiger partial charge is 0.223 e. The van der Waals surface area contributed by atoms with Gasteiger partial charge in [-0.1, -0.05) is 42.5 Å². The summed E-state index contributed by atoms with van der Waals surface area (Å²) in [7, 11) is 0. The van der Waals surface area contributed by atoms with E-state index in [-0.39, 0.29) is 11.8 Å². The van der Waals surface area contributed by atoms with E-state index in [0.717, 1.165) is 29.2 Å². The van der Waals surface area contributed by atoms with Crippen LogP contribution in [0, 0.1) is 5.92 Å². The van der Waals surface area contributed by atoms with Crippen LogP contribution >= 0.6 is 0 Å². The zero-order valence-corrected chi connectivity index (χ0v) is 11.4. The summed E-state index contributed by atoms with van der Waals surface area (Å²) in [5, 5.41) is 15.4. The van der Waals surface area contributed by atoms with E-state index in [2.05, 4.69) is 5.32 Å². The van der Waals surface area contributed by atoms with Gasteiger partial charge in [0.25, 0.3) is 0 Å². The molecule has 3 nitrogen and oxygen atoms in total. The molecule has 0 bridgehead atoms. The lowest BCUT2D eigenvalue weighted by Crippen LogP contribution is -2.26. The van der Waals surface area contributed by atoms with E-state index in [1.54, 1.807) is 0 Å². The highest BCUT2D eigenvalue weighted by Gasteiger charge is 2.29. The molecule has 0 saturated heterocycles. The predicted octanol–water partition coefficient (Wildman–Crippen LogP) is 2.79. The molecule has 1 fully saturated rings. The standard InChI is InChI=1S/C17H19NO2/c19-16(10-11-18-17(20)13-8-9-13)15-7-3-5-12-4-1-2-6-14(12)15/h1-7,13,16,19H,8-11H2,(H,18,20). The number of amides is 1. The van der Waals surface area contributed by atoms with Gasteiger partial charge < -0.3 is 10.4 Å². The quantitative estimate of drug-likeness (QED) is 0.877. The molecule has 3 rings (SSSR count). The summed E-state index contributed by atoms with van der Waals surface area (Å²) in [5.41, 5.74) is 0.934. The number of carbonyl (C=O) groups is 1. The largest absolute Gasteiger partial charge is 0.388 e. The third-order valence-corrected chi connectivity index (χ3v) is 3.85.